The van der Waals surface area contributed by atoms with E-state index < -0.39 is 0 Å². The smallest absolute Gasteiger partial charge is 0.291 e. The number of hydrogen-bond acceptors (Lipinski definition) is 4. The molecular formula is C7H14N4O2. The van der Waals surface area contributed by atoms with Crippen LogP contribution in [-0.2, 0) is 14.1 Å². The van der Waals surface area contributed by atoms with Crippen molar-refractivity contribution in [2.24, 2.45) is 14.1 Å². The standard InChI is InChI=1S/C7H14N4O2/c1-10-6(9-3-4-12)5(8)7(13)11(10)2/h9,12H,3-4,8H2,1-2H3. The Morgan fingerprint density at radius 3 is 2.46 bits per heavy atom. The monoisotopic (exact) mass is 186 g/mol. The van der Waals surface area contributed by atoms with Gasteiger partial charge < -0.3 is 16.2 Å². The van der Waals surface area contributed by atoms with Gasteiger partial charge in [0.2, 0.25) is 0 Å². The molecule has 0 saturated heterocycles. The lowest BCUT2D eigenvalue weighted by Gasteiger charge is -2.07. The van der Waals surface area contributed by atoms with Gasteiger partial charge in [0.25, 0.3) is 5.56 Å². The summed E-state index contributed by atoms with van der Waals surface area (Å²) in [6, 6.07) is 0. The van der Waals surface area contributed by atoms with Gasteiger partial charge in [-0.2, -0.15) is 0 Å². The largest absolute Gasteiger partial charge is 0.395 e. The molecule has 13 heavy (non-hydrogen) atoms. The maximum atomic E-state index is 11.3. The summed E-state index contributed by atoms with van der Waals surface area (Å²) in [5.41, 5.74) is 5.49. The first kappa shape index (κ1) is 9.66. The molecule has 0 saturated carbocycles. The summed E-state index contributed by atoms with van der Waals surface area (Å²) >= 11 is 0. The highest BCUT2D eigenvalue weighted by atomic mass is 16.3. The first-order valence-electron chi connectivity index (χ1n) is 3.95. The van der Waals surface area contributed by atoms with Crippen molar-refractivity contribution in [1.29, 1.82) is 0 Å². The lowest BCUT2D eigenvalue weighted by atomic mass is 10.5. The Morgan fingerprint density at radius 2 is 2.08 bits per heavy atom. The summed E-state index contributed by atoms with van der Waals surface area (Å²) in [6.07, 6.45) is 0. The number of hydrogen-bond donors (Lipinski definition) is 3. The molecule has 1 heterocycles. The summed E-state index contributed by atoms with van der Waals surface area (Å²) in [4.78, 5) is 11.3. The van der Waals surface area contributed by atoms with E-state index in [0.29, 0.717) is 12.4 Å². The number of aromatic nitrogens is 2. The molecule has 0 aliphatic carbocycles. The molecule has 4 N–H and O–H groups in total. The van der Waals surface area contributed by atoms with Crippen LogP contribution >= 0.6 is 0 Å². The fourth-order valence-electron chi connectivity index (χ4n) is 1.12. The van der Waals surface area contributed by atoms with Crippen LogP contribution in [0.1, 0.15) is 0 Å². The van der Waals surface area contributed by atoms with E-state index in [4.69, 9.17) is 10.8 Å². The van der Waals surface area contributed by atoms with Gasteiger partial charge >= 0.3 is 0 Å². The van der Waals surface area contributed by atoms with Gasteiger partial charge in [0.05, 0.1) is 6.61 Å². The van der Waals surface area contributed by atoms with Gasteiger partial charge in [-0.05, 0) is 0 Å². The highest BCUT2D eigenvalue weighted by Crippen LogP contribution is 2.11. The maximum Gasteiger partial charge on any atom is 0.291 e. The lowest BCUT2D eigenvalue weighted by Crippen LogP contribution is -2.18. The highest BCUT2D eigenvalue weighted by molar-refractivity contribution is 5.60. The fourth-order valence-corrected chi connectivity index (χ4v) is 1.12. The maximum absolute atomic E-state index is 11.3. The molecule has 0 amide bonds. The first-order chi connectivity index (χ1) is 6.09. The van der Waals surface area contributed by atoms with Gasteiger partial charge in [0, 0.05) is 20.6 Å². The molecule has 0 unspecified atom stereocenters. The van der Waals surface area contributed by atoms with Crippen LogP contribution in [0.5, 0.6) is 0 Å². The molecule has 0 atom stereocenters. The van der Waals surface area contributed by atoms with Gasteiger partial charge in [0.1, 0.15) is 11.5 Å². The van der Waals surface area contributed by atoms with Crippen molar-refractivity contribution in [3.8, 4) is 0 Å². The van der Waals surface area contributed by atoms with E-state index in [0.717, 1.165) is 0 Å². The van der Waals surface area contributed by atoms with Gasteiger partial charge in [-0.25, -0.2) is 0 Å². The normalized spacial score (nSPS) is 10.4. The zero-order valence-electron chi connectivity index (χ0n) is 7.74. The third-order valence-corrected chi connectivity index (χ3v) is 1.96. The van der Waals surface area contributed by atoms with E-state index in [9.17, 15) is 4.79 Å². The van der Waals surface area contributed by atoms with E-state index >= 15 is 0 Å². The summed E-state index contributed by atoms with van der Waals surface area (Å²) in [6.45, 7) is 0.379. The number of aliphatic hydroxyl groups is 1. The van der Waals surface area contributed by atoms with Crippen LogP contribution in [0.3, 0.4) is 0 Å². The molecule has 0 bridgehead atoms. The minimum absolute atomic E-state index is 0.00250. The van der Waals surface area contributed by atoms with Crippen molar-refractivity contribution in [1.82, 2.24) is 9.36 Å². The van der Waals surface area contributed by atoms with E-state index in [1.807, 2.05) is 0 Å². The van der Waals surface area contributed by atoms with Crippen LogP contribution in [0, 0.1) is 0 Å². The summed E-state index contributed by atoms with van der Waals surface area (Å²) in [7, 11) is 3.35. The predicted molar refractivity (Wildman–Crippen MR) is 50.6 cm³/mol. The van der Waals surface area contributed by atoms with Crippen LogP contribution in [0.25, 0.3) is 0 Å². The van der Waals surface area contributed by atoms with E-state index in [-0.39, 0.29) is 17.9 Å². The predicted octanol–water partition coefficient (Wildman–Crippen LogP) is -1.29. The Morgan fingerprint density at radius 1 is 1.46 bits per heavy atom. The minimum Gasteiger partial charge on any atom is -0.395 e. The molecule has 1 aromatic rings. The second-order valence-electron chi connectivity index (χ2n) is 2.77. The number of rotatable bonds is 3. The number of nitrogens with two attached hydrogens (primary N) is 1. The Labute approximate surface area is 75.6 Å². The third kappa shape index (κ3) is 1.52. The fraction of sp³-hybridized carbons (Fsp3) is 0.571. The summed E-state index contributed by atoms with van der Waals surface area (Å²) in [5, 5.41) is 11.4. The lowest BCUT2D eigenvalue weighted by molar-refractivity contribution is 0.310. The molecular weight excluding hydrogens is 172 g/mol. The second kappa shape index (κ2) is 3.53. The van der Waals surface area contributed by atoms with Crippen molar-refractivity contribution in [2.45, 2.75) is 0 Å². The van der Waals surface area contributed by atoms with Crippen LogP contribution in [-0.4, -0.2) is 27.6 Å². The van der Waals surface area contributed by atoms with Crippen molar-refractivity contribution in [3.05, 3.63) is 10.4 Å². The van der Waals surface area contributed by atoms with Gasteiger partial charge in [0.15, 0.2) is 0 Å². The van der Waals surface area contributed by atoms with Crippen molar-refractivity contribution in [3.63, 3.8) is 0 Å². The highest BCUT2D eigenvalue weighted by Gasteiger charge is 2.11. The molecule has 0 aromatic carbocycles. The molecule has 0 aliphatic heterocycles. The molecule has 6 heteroatoms. The van der Waals surface area contributed by atoms with Gasteiger partial charge in [-0.3, -0.25) is 14.2 Å². The van der Waals surface area contributed by atoms with Crippen LogP contribution in [0.2, 0.25) is 0 Å². The number of nitrogen functional groups attached to an aromatic ring is 1. The number of anilines is 2. The Balaban J connectivity index is 3.06. The average Bonchev–Trinajstić information content (AvgIpc) is 2.30. The van der Waals surface area contributed by atoms with E-state index in [1.165, 1.54) is 4.68 Å². The van der Waals surface area contributed by atoms with Crippen molar-refractivity contribution in [2.75, 3.05) is 24.2 Å². The second-order valence-corrected chi connectivity index (χ2v) is 2.77. The number of nitrogens with one attached hydrogen (secondary N) is 1. The minimum atomic E-state index is -0.233. The Kier molecular flexibility index (Phi) is 2.62. The SMILES string of the molecule is Cn1c(NCCO)c(N)c(=O)n1C. The average molecular weight is 186 g/mol. The van der Waals surface area contributed by atoms with Gasteiger partial charge in [-0.1, -0.05) is 0 Å². The molecule has 1 aromatic heterocycles. The van der Waals surface area contributed by atoms with Gasteiger partial charge in [-0.15, -0.1) is 0 Å². The molecule has 0 fully saturated rings. The quantitative estimate of drug-likeness (QED) is 0.548. The molecule has 0 radical (unpaired) electrons. The first-order valence-corrected chi connectivity index (χ1v) is 3.95. The number of aliphatic hydroxyl groups excluding tert-OH is 1. The van der Waals surface area contributed by atoms with Crippen LogP contribution in [0.4, 0.5) is 11.5 Å². The summed E-state index contributed by atoms with van der Waals surface area (Å²) < 4.78 is 3.00. The molecule has 74 valence electrons. The van der Waals surface area contributed by atoms with Crippen LogP contribution in [0.15, 0.2) is 4.79 Å². The third-order valence-electron chi connectivity index (χ3n) is 1.96. The van der Waals surface area contributed by atoms with E-state index in [1.54, 1.807) is 18.8 Å². The Bertz CT molecular complexity index is 352. The topological polar surface area (TPSA) is 85.2 Å². The van der Waals surface area contributed by atoms with Crippen molar-refractivity contribution >= 4 is 11.5 Å². The van der Waals surface area contributed by atoms with Crippen LogP contribution < -0.4 is 16.6 Å². The van der Waals surface area contributed by atoms with Crippen molar-refractivity contribution < 1.29 is 5.11 Å². The summed E-state index contributed by atoms with van der Waals surface area (Å²) in [5.74, 6) is 0.543. The molecule has 1 rings (SSSR count). The number of nitrogens with zero attached hydrogens (tertiary/aromatic N) is 2. The zero-order chi connectivity index (χ0) is 10.0. The zero-order valence-corrected chi connectivity index (χ0v) is 7.74. The molecule has 0 aliphatic rings. The molecule has 6 nitrogen and oxygen atoms in total. The molecule has 0 spiro atoms. The van der Waals surface area contributed by atoms with E-state index in [2.05, 4.69) is 5.32 Å². The Hall–Kier alpha value is -1.43.